The highest BCUT2D eigenvalue weighted by Gasteiger charge is 2.33. The summed E-state index contributed by atoms with van der Waals surface area (Å²) >= 11 is 3.36. The molecule has 0 aliphatic carbocycles. The summed E-state index contributed by atoms with van der Waals surface area (Å²) in [5.74, 6) is 0. The molecule has 1 aliphatic rings. The van der Waals surface area contributed by atoms with E-state index in [0.717, 1.165) is 0 Å². The third-order valence-corrected chi connectivity index (χ3v) is 6.32. The molecule has 2 rings (SSSR count). The highest BCUT2D eigenvalue weighted by molar-refractivity contribution is 9.10. The quantitative estimate of drug-likeness (QED) is 0.874. The number of hydrogen-bond acceptors (Lipinski definition) is 4. The van der Waals surface area contributed by atoms with E-state index < -0.39 is 10.0 Å². The van der Waals surface area contributed by atoms with Crippen molar-refractivity contribution in [2.24, 2.45) is 0 Å². The molecule has 7 heteroatoms. The van der Waals surface area contributed by atoms with Gasteiger partial charge in [0.2, 0.25) is 10.0 Å². The summed E-state index contributed by atoms with van der Waals surface area (Å²) in [5.41, 5.74) is 1.22. The van der Waals surface area contributed by atoms with Crippen molar-refractivity contribution in [3.8, 4) is 0 Å². The number of halogens is 1. The van der Waals surface area contributed by atoms with Crippen LogP contribution in [0.15, 0.2) is 21.5 Å². The van der Waals surface area contributed by atoms with E-state index in [1.165, 1.54) is 4.31 Å². The Kier molecular flexibility index (Phi) is 5.10. The maximum atomic E-state index is 12.9. The van der Waals surface area contributed by atoms with E-state index in [0.29, 0.717) is 28.7 Å². The molecule has 0 spiro atoms. The molecule has 1 aromatic rings. The first kappa shape index (κ1) is 16.9. The van der Waals surface area contributed by atoms with Crippen LogP contribution in [0.1, 0.15) is 25.0 Å². The molecule has 0 saturated carbocycles. The number of aliphatic hydroxyl groups excluding tert-OH is 1. The zero-order valence-corrected chi connectivity index (χ0v) is 14.7. The van der Waals surface area contributed by atoms with Gasteiger partial charge < -0.3 is 9.84 Å². The van der Waals surface area contributed by atoms with Crippen LogP contribution in [0.4, 0.5) is 0 Å². The first-order valence-corrected chi connectivity index (χ1v) is 9.04. The molecule has 0 aromatic heterocycles. The first-order valence-electron chi connectivity index (χ1n) is 6.81. The van der Waals surface area contributed by atoms with Crippen molar-refractivity contribution >= 4 is 26.0 Å². The molecule has 1 aromatic carbocycles. The van der Waals surface area contributed by atoms with Gasteiger partial charge in [0, 0.05) is 17.6 Å². The Hall–Kier alpha value is -0.470. The fourth-order valence-corrected chi connectivity index (χ4v) is 5.06. The SMILES string of the molecule is Cc1c(Br)cc(CO)cc1S(=O)(=O)N1CC(C)OC(C)C1. The van der Waals surface area contributed by atoms with Crippen LogP contribution in [0.5, 0.6) is 0 Å². The number of hydrogen-bond donors (Lipinski definition) is 1. The Morgan fingerprint density at radius 2 is 1.90 bits per heavy atom. The minimum atomic E-state index is -3.60. The van der Waals surface area contributed by atoms with Gasteiger partial charge in [-0.2, -0.15) is 4.31 Å². The molecular weight excluding hydrogens is 358 g/mol. The Morgan fingerprint density at radius 1 is 1.33 bits per heavy atom. The molecule has 1 aliphatic heterocycles. The lowest BCUT2D eigenvalue weighted by Gasteiger charge is -2.34. The highest BCUT2D eigenvalue weighted by Crippen LogP contribution is 2.29. The average Bonchev–Trinajstić information content (AvgIpc) is 2.40. The van der Waals surface area contributed by atoms with Gasteiger partial charge in [0.25, 0.3) is 0 Å². The number of rotatable bonds is 3. The molecule has 2 atom stereocenters. The number of morpholine rings is 1. The van der Waals surface area contributed by atoms with E-state index in [-0.39, 0.29) is 23.7 Å². The molecule has 1 heterocycles. The van der Waals surface area contributed by atoms with Gasteiger partial charge in [-0.05, 0) is 44.0 Å². The van der Waals surface area contributed by atoms with Gasteiger partial charge in [0.05, 0.1) is 23.7 Å². The van der Waals surface area contributed by atoms with E-state index in [4.69, 9.17) is 4.74 Å². The normalized spacial score (nSPS) is 24.2. The van der Waals surface area contributed by atoms with Gasteiger partial charge >= 0.3 is 0 Å². The number of aliphatic hydroxyl groups is 1. The summed E-state index contributed by atoms with van der Waals surface area (Å²) in [6.45, 7) is 5.97. The Morgan fingerprint density at radius 3 is 2.43 bits per heavy atom. The van der Waals surface area contributed by atoms with Crippen molar-refractivity contribution in [1.82, 2.24) is 4.31 Å². The number of benzene rings is 1. The van der Waals surface area contributed by atoms with Crippen LogP contribution in [-0.4, -0.2) is 43.1 Å². The van der Waals surface area contributed by atoms with E-state index >= 15 is 0 Å². The topological polar surface area (TPSA) is 66.8 Å². The van der Waals surface area contributed by atoms with Crippen molar-refractivity contribution in [2.75, 3.05) is 13.1 Å². The monoisotopic (exact) mass is 377 g/mol. The van der Waals surface area contributed by atoms with Crippen LogP contribution < -0.4 is 0 Å². The fourth-order valence-electron chi connectivity index (χ4n) is 2.53. The lowest BCUT2D eigenvalue weighted by Crippen LogP contribution is -2.48. The highest BCUT2D eigenvalue weighted by atomic mass is 79.9. The molecule has 0 bridgehead atoms. The Bertz CT molecular complexity index is 622. The molecule has 1 saturated heterocycles. The third-order valence-electron chi connectivity index (χ3n) is 3.54. The second-order valence-electron chi connectivity index (χ2n) is 5.44. The van der Waals surface area contributed by atoms with Crippen molar-refractivity contribution in [1.29, 1.82) is 0 Å². The largest absolute Gasteiger partial charge is 0.392 e. The summed E-state index contributed by atoms with van der Waals surface area (Å²) in [6.07, 6.45) is -0.262. The second kappa shape index (κ2) is 6.34. The van der Waals surface area contributed by atoms with Gasteiger partial charge in [0.15, 0.2) is 0 Å². The Balaban J connectivity index is 2.46. The summed E-state index contributed by atoms with van der Waals surface area (Å²) in [6, 6.07) is 3.28. The van der Waals surface area contributed by atoms with Crippen LogP contribution >= 0.6 is 15.9 Å². The predicted molar refractivity (Wildman–Crippen MR) is 83.6 cm³/mol. The number of ether oxygens (including phenoxy) is 1. The van der Waals surface area contributed by atoms with Crippen molar-refractivity contribution in [3.05, 3.63) is 27.7 Å². The molecule has 21 heavy (non-hydrogen) atoms. The van der Waals surface area contributed by atoms with E-state index in [1.807, 2.05) is 13.8 Å². The molecule has 2 unspecified atom stereocenters. The first-order chi connectivity index (χ1) is 9.75. The fraction of sp³-hybridized carbons (Fsp3) is 0.571. The van der Waals surface area contributed by atoms with Gasteiger partial charge in [-0.3, -0.25) is 0 Å². The summed E-state index contributed by atoms with van der Waals surface area (Å²) in [7, 11) is -3.60. The van der Waals surface area contributed by atoms with Crippen molar-refractivity contribution < 1.29 is 18.3 Å². The lowest BCUT2D eigenvalue weighted by atomic mass is 10.2. The molecule has 5 nitrogen and oxygen atoms in total. The standard InChI is InChI=1S/C14H20BrNO4S/c1-9-6-16(7-10(2)20-9)21(18,19)14-5-12(8-17)4-13(15)11(14)3/h4-5,9-10,17H,6-8H2,1-3H3. The van der Waals surface area contributed by atoms with Gasteiger partial charge in [-0.1, -0.05) is 15.9 Å². The van der Waals surface area contributed by atoms with Gasteiger partial charge in [0.1, 0.15) is 0 Å². The van der Waals surface area contributed by atoms with E-state index in [1.54, 1.807) is 19.1 Å². The van der Waals surface area contributed by atoms with Crippen LogP contribution in [0.2, 0.25) is 0 Å². The molecule has 0 amide bonds. The minimum absolute atomic E-state index is 0.131. The predicted octanol–water partition coefficient (Wildman–Crippen LogP) is 2.05. The van der Waals surface area contributed by atoms with E-state index in [2.05, 4.69) is 15.9 Å². The molecule has 118 valence electrons. The summed E-state index contributed by atoms with van der Waals surface area (Å²) < 4.78 is 33.5. The van der Waals surface area contributed by atoms with Crippen LogP contribution in [0.25, 0.3) is 0 Å². The third kappa shape index (κ3) is 3.48. The molecule has 1 fully saturated rings. The maximum absolute atomic E-state index is 12.9. The van der Waals surface area contributed by atoms with Gasteiger partial charge in [-0.15, -0.1) is 0 Å². The zero-order valence-electron chi connectivity index (χ0n) is 12.3. The second-order valence-corrected chi connectivity index (χ2v) is 8.20. The van der Waals surface area contributed by atoms with E-state index in [9.17, 15) is 13.5 Å². The average molecular weight is 378 g/mol. The summed E-state index contributed by atoms with van der Waals surface area (Å²) in [4.78, 5) is 0.238. The van der Waals surface area contributed by atoms with Crippen LogP contribution in [0.3, 0.4) is 0 Å². The molecular formula is C14H20BrNO4S. The Labute approximate surface area is 134 Å². The summed E-state index contributed by atoms with van der Waals surface area (Å²) in [5, 5.41) is 9.29. The smallest absolute Gasteiger partial charge is 0.243 e. The van der Waals surface area contributed by atoms with Crippen molar-refractivity contribution in [3.63, 3.8) is 0 Å². The minimum Gasteiger partial charge on any atom is -0.392 e. The molecule has 1 N–H and O–H groups in total. The van der Waals surface area contributed by atoms with Crippen LogP contribution in [-0.2, 0) is 21.4 Å². The number of nitrogens with zero attached hydrogens (tertiary/aromatic N) is 1. The lowest BCUT2D eigenvalue weighted by molar-refractivity contribution is -0.0441. The van der Waals surface area contributed by atoms with Crippen molar-refractivity contribution in [2.45, 2.75) is 44.5 Å². The van der Waals surface area contributed by atoms with Crippen LogP contribution in [0, 0.1) is 6.92 Å². The van der Waals surface area contributed by atoms with Gasteiger partial charge in [-0.25, -0.2) is 8.42 Å². The molecule has 0 radical (unpaired) electrons. The zero-order chi connectivity index (χ0) is 15.8. The number of sulfonamides is 1. The maximum Gasteiger partial charge on any atom is 0.243 e.